The lowest BCUT2D eigenvalue weighted by atomic mass is 9.85. The minimum Gasteiger partial charge on any atom is -0.337 e. The lowest BCUT2D eigenvalue weighted by molar-refractivity contribution is -0.131. The Morgan fingerprint density at radius 2 is 2.00 bits per heavy atom. The standard InChI is InChI=1S/C11H19N3O/c12-8-5-10(6-8)13-3-4-14-9(7-13)1-2-11(14)15/h8-10H,1-7,12H2/t8?,9-,10?/m1/s1. The molecule has 1 amide bonds. The smallest absolute Gasteiger partial charge is 0.222 e. The van der Waals surface area contributed by atoms with E-state index in [9.17, 15) is 4.79 Å². The van der Waals surface area contributed by atoms with Crippen LogP contribution in [0.5, 0.6) is 0 Å². The lowest BCUT2D eigenvalue weighted by Gasteiger charge is -2.46. The van der Waals surface area contributed by atoms with Crippen LogP contribution in [0.1, 0.15) is 25.7 Å². The normalized spacial score (nSPS) is 41.5. The predicted molar refractivity (Wildman–Crippen MR) is 57.3 cm³/mol. The van der Waals surface area contributed by atoms with E-state index in [0.717, 1.165) is 45.3 Å². The Morgan fingerprint density at radius 3 is 2.73 bits per heavy atom. The maximum atomic E-state index is 11.5. The average Bonchev–Trinajstić information content (AvgIpc) is 2.55. The molecule has 4 heteroatoms. The summed E-state index contributed by atoms with van der Waals surface area (Å²) in [6.45, 7) is 3.08. The van der Waals surface area contributed by atoms with E-state index in [1.54, 1.807) is 0 Å². The van der Waals surface area contributed by atoms with Gasteiger partial charge in [0.1, 0.15) is 0 Å². The first-order valence-corrected chi connectivity index (χ1v) is 6.03. The van der Waals surface area contributed by atoms with Crippen molar-refractivity contribution >= 4 is 5.91 Å². The Kier molecular flexibility index (Phi) is 2.21. The third-order valence-electron chi connectivity index (χ3n) is 4.19. The molecule has 1 saturated carbocycles. The van der Waals surface area contributed by atoms with Gasteiger partial charge in [0.05, 0.1) is 0 Å². The Bertz CT molecular complexity index is 275. The summed E-state index contributed by atoms with van der Waals surface area (Å²) in [5, 5.41) is 0. The van der Waals surface area contributed by atoms with Crippen molar-refractivity contribution < 1.29 is 4.79 Å². The molecule has 4 nitrogen and oxygen atoms in total. The molecule has 0 radical (unpaired) electrons. The van der Waals surface area contributed by atoms with Crippen LogP contribution in [0.25, 0.3) is 0 Å². The quantitative estimate of drug-likeness (QED) is 0.649. The van der Waals surface area contributed by atoms with Crippen molar-refractivity contribution in [3.05, 3.63) is 0 Å². The number of piperazine rings is 1. The number of nitrogens with zero attached hydrogens (tertiary/aromatic N) is 2. The van der Waals surface area contributed by atoms with Gasteiger partial charge in [-0.3, -0.25) is 9.69 Å². The first-order valence-electron chi connectivity index (χ1n) is 6.03. The molecule has 3 fully saturated rings. The topological polar surface area (TPSA) is 49.6 Å². The van der Waals surface area contributed by atoms with Crippen molar-refractivity contribution in [2.75, 3.05) is 19.6 Å². The van der Waals surface area contributed by atoms with Crippen LogP contribution in [0.2, 0.25) is 0 Å². The van der Waals surface area contributed by atoms with Gasteiger partial charge in [-0.05, 0) is 19.3 Å². The van der Waals surface area contributed by atoms with E-state index in [1.807, 2.05) is 0 Å². The van der Waals surface area contributed by atoms with E-state index in [1.165, 1.54) is 0 Å². The predicted octanol–water partition coefficient (Wildman–Crippen LogP) is -0.217. The number of nitrogens with two attached hydrogens (primary N) is 1. The fourth-order valence-electron chi connectivity index (χ4n) is 3.15. The third-order valence-corrected chi connectivity index (χ3v) is 4.19. The maximum Gasteiger partial charge on any atom is 0.222 e. The van der Waals surface area contributed by atoms with E-state index in [-0.39, 0.29) is 0 Å². The highest BCUT2D eigenvalue weighted by Gasteiger charge is 2.40. The number of carbonyl (C=O) groups excluding carboxylic acids is 1. The van der Waals surface area contributed by atoms with Crippen LogP contribution in [0.4, 0.5) is 0 Å². The molecule has 2 saturated heterocycles. The highest BCUT2D eigenvalue weighted by molar-refractivity contribution is 5.78. The monoisotopic (exact) mass is 209 g/mol. The Labute approximate surface area is 90.4 Å². The summed E-state index contributed by atoms with van der Waals surface area (Å²) in [6, 6.07) is 1.64. The van der Waals surface area contributed by atoms with E-state index in [4.69, 9.17) is 5.73 Å². The SMILES string of the molecule is NC1CC(N2CCN3C(=O)CC[C@@H]3C2)C1. The Morgan fingerprint density at radius 1 is 1.20 bits per heavy atom. The Balaban J connectivity index is 1.60. The molecule has 0 unspecified atom stereocenters. The average molecular weight is 209 g/mol. The summed E-state index contributed by atoms with van der Waals surface area (Å²) in [6.07, 6.45) is 4.14. The van der Waals surface area contributed by atoms with Crippen molar-refractivity contribution in [3.63, 3.8) is 0 Å². The second-order valence-electron chi connectivity index (χ2n) is 5.16. The van der Waals surface area contributed by atoms with E-state index < -0.39 is 0 Å². The number of carbonyl (C=O) groups is 1. The third kappa shape index (κ3) is 1.56. The summed E-state index contributed by atoms with van der Waals surface area (Å²) in [7, 11) is 0. The second kappa shape index (κ2) is 3.46. The Hall–Kier alpha value is -0.610. The van der Waals surface area contributed by atoms with Gasteiger partial charge in [0.25, 0.3) is 0 Å². The summed E-state index contributed by atoms with van der Waals surface area (Å²) >= 11 is 0. The van der Waals surface area contributed by atoms with Gasteiger partial charge < -0.3 is 10.6 Å². The molecule has 15 heavy (non-hydrogen) atoms. The molecule has 0 spiro atoms. The van der Waals surface area contributed by atoms with E-state index in [2.05, 4.69) is 9.80 Å². The molecule has 1 aliphatic carbocycles. The number of hydrogen-bond donors (Lipinski definition) is 1. The molecule has 0 aromatic carbocycles. The van der Waals surface area contributed by atoms with Crippen molar-refractivity contribution in [1.29, 1.82) is 0 Å². The molecule has 84 valence electrons. The first kappa shape index (κ1) is 9.60. The van der Waals surface area contributed by atoms with E-state index in [0.29, 0.717) is 24.0 Å². The summed E-state index contributed by atoms with van der Waals surface area (Å²) < 4.78 is 0. The van der Waals surface area contributed by atoms with Crippen molar-refractivity contribution in [2.45, 2.75) is 43.8 Å². The zero-order chi connectivity index (χ0) is 10.4. The van der Waals surface area contributed by atoms with Gasteiger partial charge in [-0.2, -0.15) is 0 Å². The molecule has 1 atom stereocenters. The largest absolute Gasteiger partial charge is 0.337 e. The number of amides is 1. The first-order chi connectivity index (χ1) is 7.24. The number of rotatable bonds is 1. The van der Waals surface area contributed by atoms with Crippen LogP contribution in [-0.2, 0) is 4.79 Å². The molecular weight excluding hydrogens is 190 g/mol. The molecule has 0 bridgehead atoms. The molecule has 2 aliphatic heterocycles. The molecule has 0 aromatic rings. The minimum atomic E-state index is 0.366. The molecule has 2 N–H and O–H groups in total. The van der Waals surface area contributed by atoms with Crippen molar-refractivity contribution in [2.24, 2.45) is 5.73 Å². The van der Waals surface area contributed by atoms with Gasteiger partial charge in [0.15, 0.2) is 0 Å². The van der Waals surface area contributed by atoms with Gasteiger partial charge in [-0.15, -0.1) is 0 Å². The van der Waals surface area contributed by atoms with E-state index >= 15 is 0 Å². The molecule has 2 heterocycles. The molecule has 3 rings (SSSR count). The van der Waals surface area contributed by atoms with Gasteiger partial charge >= 0.3 is 0 Å². The summed E-state index contributed by atoms with van der Waals surface area (Å²) in [5.74, 6) is 0.366. The molecule has 0 aromatic heterocycles. The summed E-state index contributed by atoms with van der Waals surface area (Å²) in [4.78, 5) is 16.1. The maximum absolute atomic E-state index is 11.5. The summed E-state index contributed by atoms with van der Waals surface area (Å²) in [5.41, 5.74) is 5.81. The van der Waals surface area contributed by atoms with Gasteiger partial charge in [-0.25, -0.2) is 0 Å². The van der Waals surface area contributed by atoms with Crippen LogP contribution < -0.4 is 5.73 Å². The minimum absolute atomic E-state index is 0.366. The number of hydrogen-bond acceptors (Lipinski definition) is 3. The highest BCUT2D eigenvalue weighted by Crippen LogP contribution is 2.29. The van der Waals surface area contributed by atoms with Crippen LogP contribution in [-0.4, -0.2) is 53.5 Å². The van der Waals surface area contributed by atoms with Crippen LogP contribution in [0.15, 0.2) is 0 Å². The molecular formula is C11H19N3O. The molecule has 3 aliphatic rings. The zero-order valence-electron chi connectivity index (χ0n) is 9.06. The van der Waals surface area contributed by atoms with Crippen LogP contribution >= 0.6 is 0 Å². The number of fused-ring (bicyclic) bond motifs is 1. The fourth-order valence-corrected chi connectivity index (χ4v) is 3.15. The highest BCUT2D eigenvalue weighted by atomic mass is 16.2. The van der Waals surface area contributed by atoms with Crippen LogP contribution in [0, 0.1) is 0 Å². The van der Waals surface area contributed by atoms with Crippen molar-refractivity contribution in [3.8, 4) is 0 Å². The zero-order valence-corrected chi connectivity index (χ0v) is 9.06. The van der Waals surface area contributed by atoms with Crippen molar-refractivity contribution in [1.82, 2.24) is 9.80 Å². The van der Waals surface area contributed by atoms with Gasteiger partial charge in [-0.1, -0.05) is 0 Å². The second-order valence-corrected chi connectivity index (χ2v) is 5.16. The van der Waals surface area contributed by atoms with Gasteiger partial charge in [0, 0.05) is 44.2 Å². The van der Waals surface area contributed by atoms with Crippen LogP contribution in [0.3, 0.4) is 0 Å². The fraction of sp³-hybridized carbons (Fsp3) is 0.909. The van der Waals surface area contributed by atoms with Gasteiger partial charge in [0.2, 0.25) is 5.91 Å². The lowest BCUT2D eigenvalue weighted by Crippen LogP contribution is -2.59.